The number of carbonyl (C=O) groups excluding carboxylic acids is 4. The van der Waals surface area contributed by atoms with Crippen LogP contribution in [0.2, 0.25) is 0 Å². The zero-order valence-corrected chi connectivity index (χ0v) is 33.0. The lowest BCUT2D eigenvalue weighted by atomic mass is 9.85. The van der Waals surface area contributed by atoms with Gasteiger partial charge in [0.2, 0.25) is 17.7 Å². The van der Waals surface area contributed by atoms with Crippen LogP contribution in [-0.2, 0) is 39.9 Å². The van der Waals surface area contributed by atoms with E-state index in [9.17, 15) is 24.3 Å². The molecule has 3 amide bonds. The van der Waals surface area contributed by atoms with Crippen molar-refractivity contribution < 1.29 is 38.5 Å². The largest absolute Gasteiger partial charge is 0.458 e. The van der Waals surface area contributed by atoms with Crippen LogP contribution in [0.5, 0.6) is 0 Å². The number of aliphatic hydroxyl groups excluding tert-OH is 1. The highest BCUT2D eigenvalue weighted by molar-refractivity contribution is 7.13. The molecule has 0 radical (unpaired) electrons. The Labute approximate surface area is 307 Å². The number of nitrogens with zero attached hydrogens (tertiary/aromatic N) is 2. The van der Waals surface area contributed by atoms with Crippen molar-refractivity contribution in [2.24, 2.45) is 5.41 Å². The molecule has 2 heterocycles. The van der Waals surface area contributed by atoms with E-state index >= 15 is 0 Å². The van der Waals surface area contributed by atoms with Crippen molar-refractivity contribution in [3.63, 3.8) is 0 Å². The number of β-amino-alcohol motifs (C(OH)–C–C–N with tert-alkyl or cyclic N) is 1. The van der Waals surface area contributed by atoms with E-state index < -0.39 is 52.3 Å². The van der Waals surface area contributed by atoms with Crippen LogP contribution in [0.25, 0.3) is 10.4 Å². The average Bonchev–Trinajstić information content (AvgIpc) is 3.61. The lowest BCUT2D eigenvalue weighted by Gasteiger charge is -2.36. The van der Waals surface area contributed by atoms with Gasteiger partial charge in [0.05, 0.1) is 46.4 Å². The summed E-state index contributed by atoms with van der Waals surface area (Å²) in [5, 5.41) is 16.4. The molecule has 1 fully saturated rings. The third kappa shape index (κ3) is 13.3. The summed E-state index contributed by atoms with van der Waals surface area (Å²) in [4.78, 5) is 59.6. The van der Waals surface area contributed by atoms with Crippen LogP contribution in [0.15, 0.2) is 29.8 Å². The molecule has 3 N–H and O–H groups in total. The Morgan fingerprint density at radius 2 is 1.63 bits per heavy atom. The second-order valence-corrected chi connectivity index (χ2v) is 17.5. The van der Waals surface area contributed by atoms with E-state index in [1.54, 1.807) is 46.0 Å². The molecule has 1 unspecified atom stereocenters. The Morgan fingerprint density at radius 3 is 2.20 bits per heavy atom. The maximum atomic E-state index is 14.0. The lowest BCUT2D eigenvalue weighted by Crippen LogP contribution is -2.58. The third-order valence-corrected chi connectivity index (χ3v) is 9.47. The molecule has 1 saturated heterocycles. The lowest BCUT2D eigenvalue weighted by molar-refractivity contribution is -0.167. The van der Waals surface area contributed by atoms with Crippen LogP contribution in [0.4, 0.5) is 0 Å². The Morgan fingerprint density at radius 1 is 0.980 bits per heavy atom. The summed E-state index contributed by atoms with van der Waals surface area (Å²) in [5.74, 6) is -1.63. The van der Waals surface area contributed by atoms with E-state index in [4.69, 9.17) is 14.2 Å². The first-order valence-corrected chi connectivity index (χ1v) is 18.4. The summed E-state index contributed by atoms with van der Waals surface area (Å²) in [6.45, 7) is 20.5. The van der Waals surface area contributed by atoms with E-state index in [2.05, 4.69) is 15.6 Å². The highest BCUT2D eigenvalue weighted by Gasteiger charge is 2.44. The van der Waals surface area contributed by atoms with E-state index in [0.29, 0.717) is 6.42 Å². The molecule has 3 atom stereocenters. The minimum absolute atomic E-state index is 0.0113. The summed E-state index contributed by atoms with van der Waals surface area (Å²) < 4.78 is 17.1. The SMILES string of the molecule is Cc1ncsc1-c1ccc(CNC(=O)[C@@H]2C[C@@H](O)CN2C(=O)C(NC(=O)CC(C)(C)OCCC(C)(C)OCC(=O)OC(C)(C)C)C(C)(C)C)cc1. The molecule has 3 rings (SSSR count). The van der Waals surface area contributed by atoms with Gasteiger partial charge >= 0.3 is 5.97 Å². The highest BCUT2D eigenvalue weighted by Crippen LogP contribution is 2.29. The van der Waals surface area contributed by atoms with Crippen LogP contribution >= 0.6 is 11.3 Å². The van der Waals surface area contributed by atoms with Gasteiger partial charge in [0.1, 0.15) is 24.3 Å². The van der Waals surface area contributed by atoms with Gasteiger partial charge in [-0.25, -0.2) is 9.78 Å². The van der Waals surface area contributed by atoms with Crippen molar-refractivity contribution in [3.05, 3.63) is 41.0 Å². The molecule has 1 aliphatic heterocycles. The monoisotopic (exact) mass is 730 g/mol. The van der Waals surface area contributed by atoms with E-state index in [0.717, 1.165) is 21.7 Å². The molecule has 1 aliphatic rings. The van der Waals surface area contributed by atoms with Gasteiger partial charge in [-0.05, 0) is 78.4 Å². The number of amides is 3. The maximum absolute atomic E-state index is 14.0. The van der Waals surface area contributed by atoms with Gasteiger partial charge in [0.25, 0.3) is 0 Å². The molecular formula is C38H58N4O8S. The van der Waals surface area contributed by atoms with Gasteiger partial charge in [0.15, 0.2) is 0 Å². The summed E-state index contributed by atoms with van der Waals surface area (Å²) in [6, 6.07) is 6.03. The van der Waals surface area contributed by atoms with Crippen molar-refractivity contribution in [2.45, 2.75) is 137 Å². The van der Waals surface area contributed by atoms with Crippen molar-refractivity contribution in [3.8, 4) is 10.4 Å². The number of thiazole rings is 1. The Bertz CT molecular complexity index is 1510. The molecule has 12 nitrogen and oxygen atoms in total. The third-order valence-electron chi connectivity index (χ3n) is 8.50. The average molecular weight is 731 g/mol. The number of hydrogen-bond donors (Lipinski definition) is 3. The smallest absolute Gasteiger partial charge is 0.332 e. The molecule has 0 bridgehead atoms. The van der Waals surface area contributed by atoms with Gasteiger partial charge in [-0.2, -0.15) is 0 Å². The predicted octanol–water partition coefficient (Wildman–Crippen LogP) is 4.94. The van der Waals surface area contributed by atoms with Gasteiger partial charge < -0.3 is 34.9 Å². The van der Waals surface area contributed by atoms with Crippen molar-refractivity contribution >= 4 is 35.0 Å². The molecular weight excluding hydrogens is 673 g/mol. The number of aryl methyl sites for hydroxylation is 1. The van der Waals surface area contributed by atoms with Crippen LogP contribution in [0.3, 0.4) is 0 Å². The second kappa shape index (κ2) is 17.0. The summed E-state index contributed by atoms with van der Waals surface area (Å²) in [5.41, 5.74) is 1.88. The molecule has 0 spiro atoms. The molecule has 1 aromatic carbocycles. The Kier molecular flexibility index (Phi) is 14.0. The number of hydrogen-bond acceptors (Lipinski definition) is 10. The Balaban J connectivity index is 1.56. The predicted molar refractivity (Wildman–Crippen MR) is 197 cm³/mol. The zero-order chi connectivity index (χ0) is 38.4. The fourth-order valence-electron chi connectivity index (χ4n) is 5.70. The summed E-state index contributed by atoms with van der Waals surface area (Å²) in [7, 11) is 0. The van der Waals surface area contributed by atoms with Gasteiger partial charge in [0, 0.05) is 19.5 Å². The number of ether oxygens (including phenoxy) is 3. The van der Waals surface area contributed by atoms with Crippen molar-refractivity contribution in [2.75, 3.05) is 19.8 Å². The Hall–Kier alpha value is -3.39. The number of aromatic nitrogens is 1. The molecule has 1 aromatic heterocycles. The molecule has 0 aliphatic carbocycles. The molecule has 2 aromatic rings. The number of benzene rings is 1. The topological polar surface area (TPSA) is 156 Å². The van der Waals surface area contributed by atoms with Gasteiger partial charge in [-0.3, -0.25) is 14.4 Å². The normalized spacial score (nSPS) is 17.6. The maximum Gasteiger partial charge on any atom is 0.332 e. The standard InChI is InChI=1S/C38H58N4O8S/c1-24-31(51-23-40-24)26-14-12-25(13-15-26)20-39-33(46)28-18-27(43)21-42(28)34(47)32(35(2,3)4)41-29(44)19-38(10,11)48-17-16-37(8,9)49-22-30(45)50-36(5,6)7/h12-15,23,27-28,32,43H,16-22H2,1-11H3,(H,39,46)(H,41,44)/t27-,28+,32?/m1/s1. The van der Waals surface area contributed by atoms with Crippen molar-refractivity contribution in [1.29, 1.82) is 0 Å². The van der Waals surface area contributed by atoms with Gasteiger partial charge in [-0.15, -0.1) is 11.3 Å². The van der Waals surface area contributed by atoms with E-state index in [1.165, 1.54) is 4.90 Å². The van der Waals surface area contributed by atoms with E-state index in [1.807, 2.05) is 71.3 Å². The summed E-state index contributed by atoms with van der Waals surface area (Å²) >= 11 is 1.57. The van der Waals surface area contributed by atoms with Crippen LogP contribution < -0.4 is 10.6 Å². The van der Waals surface area contributed by atoms with Gasteiger partial charge in [-0.1, -0.05) is 45.0 Å². The highest BCUT2D eigenvalue weighted by atomic mass is 32.1. The number of nitrogens with one attached hydrogen (secondary N) is 2. The minimum atomic E-state index is -0.954. The minimum Gasteiger partial charge on any atom is -0.458 e. The van der Waals surface area contributed by atoms with Crippen LogP contribution in [-0.4, -0.2) is 93.4 Å². The molecule has 13 heteroatoms. The molecule has 284 valence electrons. The number of likely N-dealkylation sites (tertiary alicyclic amines) is 1. The second-order valence-electron chi connectivity index (χ2n) is 16.6. The number of aliphatic hydroxyl groups is 1. The fourth-order valence-corrected chi connectivity index (χ4v) is 6.51. The molecule has 0 saturated carbocycles. The molecule has 51 heavy (non-hydrogen) atoms. The fraction of sp³-hybridized carbons (Fsp3) is 0.658. The first kappa shape index (κ1) is 42.0. The number of carbonyl (C=O) groups is 4. The quantitative estimate of drug-likeness (QED) is 0.216. The zero-order valence-electron chi connectivity index (χ0n) is 32.2. The number of rotatable bonds is 15. The van der Waals surface area contributed by atoms with Crippen molar-refractivity contribution in [1.82, 2.24) is 20.5 Å². The van der Waals surface area contributed by atoms with E-state index in [-0.39, 0.29) is 51.0 Å². The van der Waals surface area contributed by atoms with Crippen LogP contribution in [0, 0.1) is 12.3 Å². The summed E-state index contributed by atoms with van der Waals surface area (Å²) in [6.07, 6.45) is -0.333. The first-order valence-electron chi connectivity index (χ1n) is 17.5. The first-order chi connectivity index (χ1) is 23.5. The van der Waals surface area contributed by atoms with Crippen LogP contribution in [0.1, 0.15) is 99.8 Å². The number of esters is 1.